The third-order valence-electron chi connectivity index (χ3n) is 3.39. The highest BCUT2D eigenvalue weighted by atomic mass is 16.6. The average molecular weight is 327 g/mol. The Kier molecular flexibility index (Phi) is 3.87. The van der Waals surface area contributed by atoms with Crippen molar-refractivity contribution in [2.45, 2.75) is 6.92 Å². The first kappa shape index (κ1) is 15.5. The van der Waals surface area contributed by atoms with Crippen LogP contribution in [0.15, 0.2) is 40.8 Å². The third-order valence-corrected chi connectivity index (χ3v) is 3.39. The molecule has 0 saturated heterocycles. The highest BCUT2D eigenvalue weighted by Gasteiger charge is 2.18. The van der Waals surface area contributed by atoms with E-state index in [-0.39, 0.29) is 17.0 Å². The molecule has 0 aliphatic rings. The van der Waals surface area contributed by atoms with Crippen molar-refractivity contribution in [1.82, 2.24) is 4.98 Å². The van der Waals surface area contributed by atoms with Gasteiger partial charge in [0, 0.05) is 24.7 Å². The number of aryl methyl sites for hydroxylation is 1. The Labute approximate surface area is 136 Å². The van der Waals surface area contributed by atoms with Gasteiger partial charge in [-0.3, -0.25) is 14.9 Å². The second-order valence-corrected chi connectivity index (χ2v) is 5.01. The predicted molar refractivity (Wildman–Crippen MR) is 86.3 cm³/mol. The number of carbonyl (C=O) groups excluding carboxylic acids is 1. The van der Waals surface area contributed by atoms with E-state index in [1.165, 1.54) is 25.3 Å². The number of hydrogen-bond donors (Lipinski definition) is 1. The first-order chi connectivity index (χ1) is 11.5. The van der Waals surface area contributed by atoms with Gasteiger partial charge in [-0.15, -0.1) is 0 Å². The summed E-state index contributed by atoms with van der Waals surface area (Å²) < 4.78 is 10.5. The van der Waals surface area contributed by atoms with Crippen LogP contribution >= 0.6 is 0 Å². The molecule has 1 N–H and O–H groups in total. The number of oxazole rings is 1. The van der Waals surface area contributed by atoms with Crippen LogP contribution < -0.4 is 10.1 Å². The van der Waals surface area contributed by atoms with Crippen molar-refractivity contribution in [3.8, 4) is 5.75 Å². The maximum Gasteiger partial charge on any atom is 0.270 e. The topological polar surface area (TPSA) is 108 Å². The predicted octanol–water partition coefficient (Wildman–Crippen LogP) is 3.31. The van der Waals surface area contributed by atoms with Crippen LogP contribution in [-0.2, 0) is 0 Å². The molecule has 2 aromatic carbocycles. The molecule has 0 spiro atoms. The van der Waals surface area contributed by atoms with Gasteiger partial charge in [0.2, 0.25) is 0 Å². The zero-order valence-corrected chi connectivity index (χ0v) is 12.9. The van der Waals surface area contributed by atoms with Crippen molar-refractivity contribution >= 4 is 28.4 Å². The SMILES string of the molecule is COc1ccc([N+](=O)[O-])cc1C(=O)Nc1ccc2oc(C)nc2c1. The standard InChI is InChI=1S/C16H13N3O5/c1-9-17-13-7-10(3-5-15(13)24-9)18-16(20)12-8-11(19(21)22)4-6-14(12)23-2/h3-8H,1-2H3,(H,18,20). The normalized spacial score (nSPS) is 10.6. The van der Waals surface area contributed by atoms with Gasteiger partial charge in [-0.05, 0) is 24.3 Å². The Morgan fingerprint density at radius 3 is 2.79 bits per heavy atom. The molecule has 0 aliphatic heterocycles. The zero-order chi connectivity index (χ0) is 17.3. The Hall–Kier alpha value is -3.42. The van der Waals surface area contributed by atoms with Crippen molar-refractivity contribution in [3.63, 3.8) is 0 Å². The van der Waals surface area contributed by atoms with E-state index in [9.17, 15) is 14.9 Å². The van der Waals surface area contributed by atoms with Gasteiger partial charge in [0.1, 0.15) is 11.3 Å². The number of benzene rings is 2. The number of nitro groups is 1. The average Bonchev–Trinajstić information content (AvgIpc) is 2.93. The molecule has 0 aliphatic carbocycles. The Morgan fingerprint density at radius 2 is 2.08 bits per heavy atom. The molecule has 122 valence electrons. The van der Waals surface area contributed by atoms with E-state index in [4.69, 9.17) is 9.15 Å². The molecule has 0 bridgehead atoms. The summed E-state index contributed by atoms with van der Waals surface area (Å²) in [4.78, 5) is 27.0. The molecular formula is C16H13N3O5. The number of ether oxygens (including phenoxy) is 1. The number of fused-ring (bicyclic) bond motifs is 1. The molecule has 8 heteroatoms. The van der Waals surface area contributed by atoms with Gasteiger partial charge in [0.05, 0.1) is 17.6 Å². The molecular weight excluding hydrogens is 314 g/mol. The second-order valence-electron chi connectivity index (χ2n) is 5.01. The van der Waals surface area contributed by atoms with Gasteiger partial charge in [-0.25, -0.2) is 4.98 Å². The minimum absolute atomic E-state index is 0.0723. The maximum atomic E-state index is 12.5. The molecule has 1 amide bonds. The first-order valence-corrected chi connectivity index (χ1v) is 6.99. The molecule has 3 rings (SSSR count). The van der Waals surface area contributed by atoms with Crippen LogP contribution in [0.2, 0.25) is 0 Å². The van der Waals surface area contributed by atoms with Crippen molar-refractivity contribution < 1.29 is 18.9 Å². The van der Waals surface area contributed by atoms with Crippen LogP contribution in [-0.4, -0.2) is 22.9 Å². The highest BCUT2D eigenvalue weighted by molar-refractivity contribution is 6.07. The lowest BCUT2D eigenvalue weighted by molar-refractivity contribution is -0.384. The smallest absolute Gasteiger partial charge is 0.270 e. The van der Waals surface area contributed by atoms with E-state index in [1.54, 1.807) is 25.1 Å². The summed E-state index contributed by atoms with van der Waals surface area (Å²) in [5.74, 6) is 0.250. The van der Waals surface area contributed by atoms with Crippen molar-refractivity contribution in [2.24, 2.45) is 0 Å². The third kappa shape index (κ3) is 2.89. The highest BCUT2D eigenvalue weighted by Crippen LogP contribution is 2.26. The van der Waals surface area contributed by atoms with Crippen LogP contribution in [0.25, 0.3) is 11.1 Å². The van der Waals surface area contributed by atoms with E-state index >= 15 is 0 Å². The van der Waals surface area contributed by atoms with Crippen LogP contribution in [0, 0.1) is 17.0 Å². The van der Waals surface area contributed by atoms with Gasteiger partial charge in [0.25, 0.3) is 11.6 Å². The minimum atomic E-state index is -0.569. The summed E-state index contributed by atoms with van der Waals surface area (Å²) in [6, 6.07) is 8.85. The lowest BCUT2D eigenvalue weighted by Gasteiger charge is -2.09. The molecule has 1 aromatic heterocycles. The Balaban J connectivity index is 1.92. The van der Waals surface area contributed by atoms with Gasteiger partial charge in [-0.2, -0.15) is 0 Å². The number of nitro benzene ring substituents is 1. The Morgan fingerprint density at radius 1 is 1.29 bits per heavy atom. The fourth-order valence-electron chi connectivity index (χ4n) is 2.31. The van der Waals surface area contributed by atoms with Crippen molar-refractivity contribution in [1.29, 1.82) is 0 Å². The number of nitrogens with one attached hydrogen (secondary N) is 1. The minimum Gasteiger partial charge on any atom is -0.496 e. The van der Waals surface area contributed by atoms with Gasteiger partial charge < -0.3 is 14.5 Å². The largest absolute Gasteiger partial charge is 0.496 e. The maximum absolute atomic E-state index is 12.5. The first-order valence-electron chi connectivity index (χ1n) is 6.99. The second kappa shape index (κ2) is 5.99. The van der Waals surface area contributed by atoms with Gasteiger partial charge in [-0.1, -0.05) is 0 Å². The number of anilines is 1. The summed E-state index contributed by atoms with van der Waals surface area (Å²) in [6.07, 6.45) is 0. The van der Waals surface area contributed by atoms with E-state index < -0.39 is 10.8 Å². The van der Waals surface area contributed by atoms with Crippen molar-refractivity contribution in [3.05, 3.63) is 58.0 Å². The molecule has 0 fully saturated rings. The molecule has 24 heavy (non-hydrogen) atoms. The number of rotatable bonds is 4. The number of aromatic nitrogens is 1. The summed E-state index contributed by atoms with van der Waals surface area (Å²) >= 11 is 0. The monoisotopic (exact) mass is 327 g/mol. The molecule has 3 aromatic rings. The van der Waals surface area contributed by atoms with E-state index in [2.05, 4.69) is 10.3 Å². The number of methoxy groups -OCH3 is 1. The quantitative estimate of drug-likeness (QED) is 0.582. The van der Waals surface area contributed by atoms with Crippen LogP contribution in [0.3, 0.4) is 0 Å². The lowest BCUT2D eigenvalue weighted by atomic mass is 10.1. The zero-order valence-electron chi connectivity index (χ0n) is 12.9. The number of hydrogen-bond acceptors (Lipinski definition) is 6. The number of non-ortho nitro benzene ring substituents is 1. The fraction of sp³-hybridized carbons (Fsp3) is 0.125. The van der Waals surface area contributed by atoms with E-state index in [0.717, 1.165) is 0 Å². The number of carbonyl (C=O) groups is 1. The molecule has 0 radical (unpaired) electrons. The van der Waals surface area contributed by atoms with E-state index in [0.29, 0.717) is 22.7 Å². The summed E-state index contributed by atoms with van der Waals surface area (Å²) in [6.45, 7) is 1.73. The summed E-state index contributed by atoms with van der Waals surface area (Å²) in [5, 5.41) is 13.6. The lowest BCUT2D eigenvalue weighted by Crippen LogP contribution is -2.13. The van der Waals surface area contributed by atoms with Gasteiger partial charge >= 0.3 is 0 Å². The van der Waals surface area contributed by atoms with Crippen molar-refractivity contribution in [2.75, 3.05) is 12.4 Å². The molecule has 0 unspecified atom stereocenters. The van der Waals surface area contributed by atoms with Crippen LogP contribution in [0.5, 0.6) is 5.75 Å². The molecule has 8 nitrogen and oxygen atoms in total. The fourth-order valence-corrected chi connectivity index (χ4v) is 2.31. The Bertz CT molecular complexity index is 948. The molecule has 0 saturated carbocycles. The summed E-state index contributed by atoms with van der Waals surface area (Å²) in [5.41, 5.74) is 1.59. The van der Waals surface area contributed by atoms with Gasteiger partial charge in [0.15, 0.2) is 11.5 Å². The molecule has 1 heterocycles. The van der Waals surface area contributed by atoms with E-state index in [1.807, 2.05) is 0 Å². The summed E-state index contributed by atoms with van der Waals surface area (Å²) in [7, 11) is 1.39. The van der Waals surface area contributed by atoms with Crippen LogP contribution in [0.1, 0.15) is 16.2 Å². The van der Waals surface area contributed by atoms with Crippen LogP contribution in [0.4, 0.5) is 11.4 Å². The molecule has 0 atom stereocenters. The number of amides is 1. The number of nitrogens with zero attached hydrogens (tertiary/aromatic N) is 2.